The topological polar surface area (TPSA) is 88.7 Å². The second-order valence-corrected chi connectivity index (χ2v) is 5.10. The lowest BCUT2D eigenvalue weighted by molar-refractivity contribution is 0.0952. The summed E-state index contributed by atoms with van der Waals surface area (Å²) in [6.07, 6.45) is 3.61. The molecule has 0 aliphatic carbocycles. The first-order valence-electron chi connectivity index (χ1n) is 6.68. The molecule has 6 heteroatoms. The van der Waals surface area contributed by atoms with E-state index in [1.165, 1.54) is 0 Å². The number of nitrogens with two attached hydrogens (primary N) is 1. The zero-order valence-corrected chi connectivity index (χ0v) is 12.0. The van der Waals surface area contributed by atoms with Crippen LogP contribution in [0.1, 0.15) is 21.6 Å². The van der Waals surface area contributed by atoms with Crippen LogP contribution < -0.4 is 11.1 Å². The molecule has 0 saturated heterocycles. The highest BCUT2D eigenvalue weighted by molar-refractivity contribution is 6.07. The van der Waals surface area contributed by atoms with Gasteiger partial charge in [0.05, 0.1) is 11.3 Å². The van der Waals surface area contributed by atoms with Gasteiger partial charge in [-0.2, -0.15) is 5.10 Å². The summed E-state index contributed by atoms with van der Waals surface area (Å²) in [5.74, 6) is -0.130. The predicted octanol–water partition coefficient (Wildman–Crippen LogP) is 1.72. The van der Waals surface area contributed by atoms with Crippen molar-refractivity contribution in [3.8, 4) is 0 Å². The largest absolute Gasteiger partial charge is 0.399 e. The molecule has 3 aromatic rings. The van der Waals surface area contributed by atoms with Crippen LogP contribution in [-0.2, 0) is 13.6 Å². The summed E-state index contributed by atoms with van der Waals surface area (Å²) in [7, 11) is 1.86. The Bertz CT molecular complexity index is 815. The molecular weight excluding hydrogens is 266 g/mol. The Hall–Kier alpha value is -2.76. The van der Waals surface area contributed by atoms with E-state index in [9.17, 15) is 4.79 Å². The third kappa shape index (κ3) is 2.47. The molecule has 0 fully saturated rings. The van der Waals surface area contributed by atoms with Crippen molar-refractivity contribution >= 4 is 22.5 Å². The number of carbonyl (C=O) groups excluding carboxylic acids is 1. The smallest absolute Gasteiger partial charge is 0.253 e. The summed E-state index contributed by atoms with van der Waals surface area (Å²) in [5.41, 5.74) is 9.84. The molecule has 0 aliphatic rings. The van der Waals surface area contributed by atoms with Gasteiger partial charge in [-0.1, -0.05) is 0 Å². The fraction of sp³-hybridized carbons (Fsp3) is 0.200. The number of nitrogen functional groups attached to an aromatic ring is 1. The lowest BCUT2D eigenvalue weighted by Crippen LogP contribution is -2.22. The average molecular weight is 283 g/mol. The molecule has 3 rings (SSSR count). The van der Waals surface area contributed by atoms with E-state index in [1.807, 2.05) is 26.2 Å². The molecule has 2 heterocycles. The summed E-state index contributed by atoms with van der Waals surface area (Å²) < 4.78 is 1.74. The number of rotatable bonds is 3. The zero-order chi connectivity index (χ0) is 15.0. The van der Waals surface area contributed by atoms with Crippen molar-refractivity contribution in [1.29, 1.82) is 0 Å². The Balaban J connectivity index is 1.81. The van der Waals surface area contributed by atoms with E-state index in [-0.39, 0.29) is 5.91 Å². The van der Waals surface area contributed by atoms with Gasteiger partial charge < -0.3 is 16.0 Å². The molecule has 108 valence electrons. The maximum atomic E-state index is 12.3. The van der Waals surface area contributed by atoms with Gasteiger partial charge in [-0.25, -0.2) is 0 Å². The number of amides is 1. The summed E-state index contributed by atoms with van der Waals surface area (Å²) in [6, 6.07) is 5.47. The van der Waals surface area contributed by atoms with Crippen molar-refractivity contribution in [2.75, 3.05) is 5.73 Å². The van der Waals surface area contributed by atoms with Crippen LogP contribution in [0, 0.1) is 6.92 Å². The molecule has 6 nitrogen and oxygen atoms in total. The number of aromatic amines is 1. The summed E-state index contributed by atoms with van der Waals surface area (Å²) in [4.78, 5) is 15.4. The Morgan fingerprint density at radius 3 is 3.00 bits per heavy atom. The van der Waals surface area contributed by atoms with E-state index in [2.05, 4.69) is 15.4 Å². The van der Waals surface area contributed by atoms with Gasteiger partial charge in [0.15, 0.2) is 0 Å². The Labute approximate surface area is 121 Å². The van der Waals surface area contributed by atoms with Crippen LogP contribution >= 0.6 is 0 Å². The van der Waals surface area contributed by atoms with Crippen molar-refractivity contribution in [1.82, 2.24) is 20.1 Å². The van der Waals surface area contributed by atoms with E-state index in [4.69, 9.17) is 5.73 Å². The highest BCUT2D eigenvalue weighted by Crippen LogP contribution is 2.21. The van der Waals surface area contributed by atoms with Crippen LogP contribution in [0.25, 0.3) is 10.9 Å². The molecule has 0 radical (unpaired) electrons. The molecule has 1 aromatic carbocycles. The first-order valence-corrected chi connectivity index (χ1v) is 6.68. The lowest BCUT2D eigenvalue weighted by Gasteiger charge is -2.03. The highest BCUT2D eigenvalue weighted by Gasteiger charge is 2.13. The minimum Gasteiger partial charge on any atom is -0.399 e. The number of H-pyrrole nitrogens is 1. The molecule has 0 spiro atoms. The number of aromatic nitrogens is 3. The van der Waals surface area contributed by atoms with Crippen LogP contribution in [0.4, 0.5) is 5.69 Å². The van der Waals surface area contributed by atoms with Crippen molar-refractivity contribution in [2.45, 2.75) is 13.5 Å². The molecule has 21 heavy (non-hydrogen) atoms. The van der Waals surface area contributed by atoms with Crippen LogP contribution in [0.2, 0.25) is 0 Å². The van der Waals surface area contributed by atoms with Crippen molar-refractivity contribution in [3.05, 3.63) is 47.4 Å². The zero-order valence-electron chi connectivity index (χ0n) is 12.0. The van der Waals surface area contributed by atoms with Gasteiger partial charge in [-0.05, 0) is 25.1 Å². The number of nitrogens with one attached hydrogen (secondary N) is 2. The van der Waals surface area contributed by atoms with E-state index < -0.39 is 0 Å². The number of carbonyl (C=O) groups is 1. The third-order valence-electron chi connectivity index (χ3n) is 3.50. The number of aryl methyl sites for hydroxylation is 2. The second kappa shape index (κ2) is 4.97. The highest BCUT2D eigenvalue weighted by atomic mass is 16.1. The number of hydrogen-bond donors (Lipinski definition) is 3. The van der Waals surface area contributed by atoms with Gasteiger partial charge in [0.1, 0.15) is 0 Å². The van der Waals surface area contributed by atoms with Gasteiger partial charge in [0.2, 0.25) is 0 Å². The second-order valence-electron chi connectivity index (χ2n) is 5.10. The molecule has 0 atom stereocenters. The Morgan fingerprint density at radius 2 is 2.29 bits per heavy atom. The van der Waals surface area contributed by atoms with Crippen LogP contribution in [-0.4, -0.2) is 20.7 Å². The van der Waals surface area contributed by atoms with Gasteiger partial charge in [-0.15, -0.1) is 0 Å². The molecule has 2 aromatic heterocycles. The van der Waals surface area contributed by atoms with Gasteiger partial charge in [-0.3, -0.25) is 9.48 Å². The van der Waals surface area contributed by atoms with Gasteiger partial charge in [0.25, 0.3) is 5.91 Å². The summed E-state index contributed by atoms with van der Waals surface area (Å²) in [6.45, 7) is 2.38. The maximum Gasteiger partial charge on any atom is 0.253 e. The van der Waals surface area contributed by atoms with Crippen LogP contribution in [0.5, 0.6) is 0 Å². The van der Waals surface area contributed by atoms with E-state index in [0.717, 1.165) is 22.2 Å². The maximum absolute atomic E-state index is 12.3. The average Bonchev–Trinajstić information content (AvgIpc) is 2.99. The molecule has 0 unspecified atom stereocenters. The fourth-order valence-corrected chi connectivity index (χ4v) is 2.42. The van der Waals surface area contributed by atoms with Crippen LogP contribution in [0.3, 0.4) is 0 Å². The molecule has 1 amide bonds. The summed E-state index contributed by atoms with van der Waals surface area (Å²) in [5, 5.41) is 8.00. The molecule has 4 N–H and O–H groups in total. The molecular formula is C15H17N5O. The standard InChI is InChI=1S/C15H17N5O/c1-9-10(8-20(2)19-9)6-18-15(21)13-7-17-14-4-3-11(16)5-12(13)14/h3-5,7-8,17H,6,16H2,1-2H3,(H,18,21). The lowest BCUT2D eigenvalue weighted by atomic mass is 10.1. The fourth-order valence-electron chi connectivity index (χ4n) is 2.42. The monoisotopic (exact) mass is 283 g/mol. The summed E-state index contributed by atoms with van der Waals surface area (Å²) >= 11 is 0. The normalized spacial score (nSPS) is 11.0. The number of hydrogen-bond acceptors (Lipinski definition) is 3. The van der Waals surface area contributed by atoms with E-state index in [1.54, 1.807) is 23.0 Å². The number of benzene rings is 1. The number of anilines is 1. The van der Waals surface area contributed by atoms with Crippen molar-refractivity contribution < 1.29 is 4.79 Å². The quantitative estimate of drug-likeness (QED) is 0.639. The van der Waals surface area contributed by atoms with Crippen LogP contribution in [0.15, 0.2) is 30.6 Å². The third-order valence-corrected chi connectivity index (χ3v) is 3.50. The first-order chi connectivity index (χ1) is 10.0. The minimum atomic E-state index is -0.130. The Morgan fingerprint density at radius 1 is 1.48 bits per heavy atom. The van der Waals surface area contributed by atoms with E-state index >= 15 is 0 Å². The number of nitrogens with zero attached hydrogens (tertiary/aromatic N) is 2. The molecule has 0 saturated carbocycles. The minimum absolute atomic E-state index is 0.130. The predicted molar refractivity (Wildman–Crippen MR) is 81.8 cm³/mol. The van der Waals surface area contributed by atoms with Crippen molar-refractivity contribution in [3.63, 3.8) is 0 Å². The Kier molecular flexibility index (Phi) is 3.13. The van der Waals surface area contributed by atoms with Crippen molar-refractivity contribution in [2.24, 2.45) is 7.05 Å². The molecule has 0 bridgehead atoms. The first kappa shape index (κ1) is 13.2. The number of fused-ring (bicyclic) bond motifs is 1. The van der Waals surface area contributed by atoms with E-state index in [0.29, 0.717) is 17.8 Å². The van der Waals surface area contributed by atoms with Gasteiger partial charge >= 0.3 is 0 Å². The van der Waals surface area contributed by atoms with Gasteiger partial charge in [0, 0.05) is 48.1 Å². The SMILES string of the molecule is Cc1nn(C)cc1CNC(=O)c1c[nH]c2ccc(N)cc12. The molecule has 0 aliphatic heterocycles.